The summed E-state index contributed by atoms with van der Waals surface area (Å²) in [6, 6.07) is 5.72. The monoisotopic (exact) mass is 463 g/mol. The Balaban J connectivity index is 2.31. The van der Waals surface area contributed by atoms with Crippen molar-refractivity contribution in [2.75, 3.05) is 11.8 Å². The highest BCUT2D eigenvalue weighted by molar-refractivity contribution is 6.32. The molecule has 0 bridgehead atoms. The summed E-state index contributed by atoms with van der Waals surface area (Å²) in [5.41, 5.74) is -1.80. The predicted octanol–water partition coefficient (Wildman–Crippen LogP) is 4.84. The molecule has 2 N–H and O–H groups in total. The van der Waals surface area contributed by atoms with Gasteiger partial charge in [0.05, 0.1) is 22.8 Å². The zero-order chi connectivity index (χ0) is 23.3. The number of alkyl halides is 3. The lowest BCUT2D eigenvalue weighted by molar-refractivity contribution is -0.152. The van der Waals surface area contributed by atoms with Gasteiger partial charge in [0.1, 0.15) is 17.2 Å². The number of hydrogen-bond acceptors (Lipinski definition) is 8. The number of carbonyl (C=O) groups is 2. The number of carbonyl (C=O) groups excluding carboxylic acids is 2. The lowest BCUT2D eigenvalue weighted by Crippen LogP contribution is -2.27. The zero-order valence-corrected chi connectivity index (χ0v) is 16.9. The maximum atomic E-state index is 12.8. The number of nitrogens with zero attached hydrogens (tertiary/aromatic N) is 1. The number of hydrogen-bond donors (Lipinski definition) is 2. The number of rotatable bonds is 7. The molecule has 168 valence electrons. The molecule has 1 unspecified atom stereocenters. The molecule has 2 rings (SSSR count). The number of ether oxygens (including phenoxy) is 3. The van der Waals surface area contributed by atoms with E-state index in [2.05, 4.69) is 0 Å². The molecule has 12 heteroatoms. The molecule has 2 aromatic rings. The SMILES string of the molecule is CCOC(=O)C(C)OC(=O)c1cc(Oc2ccc(C(F)(F)F)cc2Cl)ccc1N(O)O. The third kappa shape index (κ3) is 6.23. The van der Waals surface area contributed by atoms with Gasteiger partial charge < -0.3 is 14.2 Å². The first-order chi connectivity index (χ1) is 14.4. The summed E-state index contributed by atoms with van der Waals surface area (Å²) in [6.45, 7) is 2.88. The minimum Gasteiger partial charge on any atom is -0.463 e. The summed E-state index contributed by atoms with van der Waals surface area (Å²) in [5.74, 6) is -2.16. The summed E-state index contributed by atoms with van der Waals surface area (Å²) < 4.78 is 53.4. The number of esters is 2. The summed E-state index contributed by atoms with van der Waals surface area (Å²) in [6.07, 6.45) is -5.89. The van der Waals surface area contributed by atoms with Crippen LogP contribution < -0.4 is 9.96 Å². The Kier molecular flexibility index (Phi) is 7.71. The highest BCUT2D eigenvalue weighted by Crippen LogP contribution is 2.37. The molecule has 0 fully saturated rings. The smallest absolute Gasteiger partial charge is 0.416 e. The maximum absolute atomic E-state index is 12.8. The van der Waals surface area contributed by atoms with Crippen molar-refractivity contribution in [1.29, 1.82) is 0 Å². The minimum atomic E-state index is -4.60. The average Bonchev–Trinajstić information content (AvgIpc) is 2.68. The van der Waals surface area contributed by atoms with Gasteiger partial charge in [-0.1, -0.05) is 11.6 Å². The quantitative estimate of drug-likeness (QED) is 0.443. The van der Waals surface area contributed by atoms with Crippen LogP contribution in [0.15, 0.2) is 36.4 Å². The standard InChI is InChI=1S/C19H17ClF3NO7/c1-3-29-17(25)10(2)30-18(26)13-9-12(5-6-15(13)24(27)28)31-16-7-4-11(8-14(16)20)19(21,22)23/h4-10,27-28H,3H2,1-2H3. The average molecular weight is 464 g/mol. The summed E-state index contributed by atoms with van der Waals surface area (Å²) >= 11 is 5.85. The molecule has 0 aliphatic carbocycles. The maximum Gasteiger partial charge on any atom is 0.416 e. The van der Waals surface area contributed by atoms with Crippen LogP contribution in [-0.2, 0) is 20.4 Å². The van der Waals surface area contributed by atoms with E-state index in [9.17, 15) is 33.2 Å². The van der Waals surface area contributed by atoms with Gasteiger partial charge in [-0.2, -0.15) is 13.2 Å². The molecule has 0 heterocycles. The Morgan fingerprint density at radius 3 is 2.39 bits per heavy atom. The van der Waals surface area contributed by atoms with Crippen molar-refractivity contribution >= 4 is 29.2 Å². The lowest BCUT2D eigenvalue weighted by Gasteiger charge is -2.17. The second kappa shape index (κ2) is 9.86. The van der Waals surface area contributed by atoms with Crippen LogP contribution in [0.3, 0.4) is 0 Å². The highest BCUT2D eigenvalue weighted by atomic mass is 35.5. The molecule has 0 radical (unpaired) electrons. The van der Waals surface area contributed by atoms with Gasteiger partial charge in [0, 0.05) is 0 Å². The van der Waals surface area contributed by atoms with Gasteiger partial charge in [-0.25, -0.2) is 9.59 Å². The topological polar surface area (TPSA) is 106 Å². The third-order valence-corrected chi connectivity index (χ3v) is 4.09. The Morgan fingerprint density at radius 1 is 1.16 bits per heavy atom. The summed E-state index contributed by atoms with van der Waals surface area (Å²) in [7, 11) is 0. The second-order valence-electron chi connectivity index (χ2n) is 6.01. The molecule has 0 saturated heterocycles. The largest absolute Gasteiger partial charge is 0.463 e. The molecule has 0 saturated carbocycles. The van der Waals surface area contributed by atoms with Crippen LogP contribution in [-0.4, -0.2) is 35.1 Å². The Bertz CT molecular complexity index is 966. The van der Waals surface area contributed by atoms with Crippen LogP contribution in [0, 0.1) is 0 Å². The number of halogens is 4. The molecule has 8 nitrogen and oxygen atoms in total. The van der Waals surface area contributed by atoms with Crippen molar-refractivity contribution in [3.05, 3.63) is 52.5 Å². The van der Waals surface area contributed by atoms with E-state index in [1.54, 1.807) is 6.92 Å². The molecule has 0 amide bonds. The molecule has 31 heavy (non-hydrogen) atoms. The van der Waals surface area contributed by atoms with E-state index >= 15 is 0 Å². The Labute approximate surface area is 179 Å². The number of benzene rings is 2. The van der Waals surface area contributed by atoms with E-state index in [0.717, 1.165) is 24.3 Å². The van der Waals surface area contributed by atoms with Crippen molar-refractivity contribution in [3.63, 3.8) is 0 Å². The van der Waals surface area contributed by atoms with Crippen molar-refractivity contribution in [2.24, 2.45) is 0 Å². The van der Waals surface area contributed by atoms with Crippen LogP contribution in [0.4, 0.5) is 18.9 Å². The van der Waals surface area contributed by atoms with Gasteiger partial charge in [0.25, 0.3) is 0 Å². The van der Waals surface area contributed by atoms with Gasteiger partial charge in [-0.15, -0.1) is 5.23 Å². The van der Waals surface area contributed by atoms with Crippen LogP contribution in [0.5, 0.6) is 11.5 Å². The fourth-order valence-corrected chi connectivity index (χ4v) is 2.55. The van der Waals surface area contributed by atoms with E-state index in [-0.39, 0.29) is 28.4 Å². The first-order valence-corrected chi connectivity index (χ1v) is 9.06. The molecule has 2 aromatic carbocycles. The second-order valence-corrected chi connectivity index (χ2v) is 6.42. The molecule has 1 atom stereocenters. The molecule has 0 aliphatic heterocycles. The van der Waals surface area contributed by atoms with Gasteiger partial charge in [-0.05, 0) is 50.2 Å². The molecule has 0 aromatic heterocycles. The van der Waals surface area contributed by atoms with Crippen LogP contribution in [0.1, 0.15) is 29.8 Å². The van der Waals surface area contributed by atoms with E-state index in [1.807, 2.05) is 0 Å². The number of anilines is 1. The van der Waals surface area contributed by atoms with E-state index in [1.165, 1.54) is 13.0 Å². The van der Waals surface area contributed by atoms with Crippen LogP contribution >= 0.6 is 11.6 Å². The lowest BCUT2D eigenvalue weighted by atomic mass is 10.1. The molecule has 0 aliphatic rings. The van der Waals surface area contributed by atoms with Crippen molar-refractivity contribution < 1.29 is 47.4 Å². The summed E-state index contributed by atoms with van der Waals surface area (Å²) in [4.78, 5) is 24.1. The fraction of sp³-hybridized carbons (Fsp3) is 0.263. The third-order valence-electron chi connectivity index (χ3n) is 3.79. The van der Waals surface area contributed by atoms with Crippen molar-refractivity contribution in [3.8, 4) is 11.5 Å². The van der Waals surface area contributed by atoms with E-state index < -0.39 is 41.0 Å². The van der Waals surface area contributed by atoms with Gasteiger partial charge in [-0.3, -0.25) is 10.4 Å². The predicted molar refractivity (Wildman–Crippen MR) is 101 cm³/mol. The normalized spacial score (nSPS) is 12.1. The Hall–Kier alpha value is -3.02. The molecular weight excluding hydrogens is 447 g/mol. The van der Waals surface area contributed by atoms with Crippen LogP contribution in [0.25, 0.3) is 0 Å². The Morgan fingerprint density at radius 2 is 1.84 bits per heavy atom. The first-order valence-electron chi connectivity index (χ1n) is 8.68. The van der Waals surface area contributed by atoms with Gasteiger partial charge in [0.15, 0.2) is 6.10 Å². The van der Waals surface area contributed by atoms with Crippen molar-refractivity contribution in [2.45, 2.75) is 26.1 Å². The summed E-state index contributed by atoms with van der Waals surface area (Å²) in [5, 5.41) is 18.0. The molecule has 0 spiro atoms. The van der Waals surface area contributed by atoms with E-state index in [0.29, 0.717) is 6.07 Å². The highest BCUT2D eigenvalue weighted by Gasteiger charge is 2.31. The van der Waals surface area contributed by atoms with Crippen LogP contribution in [0.2, 0.25) is 5.02 Å². The van der Waals surface area contributed by atoms with Gasteiger partial charge >= 0.3 is 18.1 Å². The molecular formula is C19H17ClF3NO7. The fourth-order valence-electron chi connectivity index (χ4n) is 2.34. The van der Waals surface area contributed by atoms with Gasteiger partial charge in [0.2, 0.25) is 0 Å². The van der Waals surface area contributed by atoms with E-state index in [4.69, 9.17) is 25.8 Å². The minimum absolute atomic E-state index is 0.0598. The zero-order valence-electron chi connectivity index (χ0n) is 16.1. The first kappa shape index (κ1) is 24.3. The van der Waals surface area contributed by atoms with Crippen molar-refractivity contribution in [1.82, 2.24) is 0 Å².